The SMILES string of the molecule is CCC=CCCOC(=O)c1ccccc1.CCC=CCCOC(=O)c1ccccc1. The minimum Gasteiger partial charge on any atom is -0.462 e. The number of hydrogen-bond donors (Lipinski definition) is 0. The number of hydrogen-bond acceptors (Lipinski definition) is 4. The zero-order valence-corrected chi connectivity index (χ0v) is 18.0. The quantitative estimate of drug-likeness (QED) is 0.259. The van der Waals surface area contributed by atoms with Crippen molar-refractivity contribution in [3.63, 3.8) is 0 Å². The lowest BCUT2D eigenvalue weighted by Gasteiger charge is -2.02. The van der Waals surface area contributed by atoms with Gasteiger partial charge >= 0.3 is 11.9 Å². The zero-order valence-electron chi connectivity index (χ0n) is 18.0. The highest BCUT2D eigenvalue weighted by atomic mass is 16.5. The van der Waals surface area contributed by atoms with E-state index in [9.17, 15) is 9.59 Å². The second kappa shape index (κ2) is 16.8. The van der Waals surface area contributed by atoms with E-state index < -0.39 is 0 Å². The normalized spacial score (nSPS) is 10.5. The van der Waals surface area contributed by atoms with Crippen LogP contribution in [0.15, 0.2) is 85.0 Å². The highest BCUT2D eigenvalue weighted by molar-refractivity contribution is 5.89. The maximum atomic E-state index is 11.4. The Morgan fingerprint density at radius 2 is 1.00 bits per heavy atom. The van der Waals surface area contributed by atoms with Crippen LogP contribution in [-0.4, -0.2) is 25.2 Å². The van der Waals surface area contributed by atoms with Crippen molar-refractivity contribution in [2.45, 2.75) is 39.5 Å². The molecule has 0 heterocycles. The fourth-order valence-electron chi connectivity index (χ4n) is 2.32. The molecule has 2 aromatic carbocycles. The summed E-state index contributed by atoms with van der Waals surface area (Å²) in [6.45, 7) is 5.05. The minimum atomic E-state index is -0.250. The highest BCUT2D eigenvalue weighted by Crippen LogP contribution is 2.02. The molecule has 4 nitrogen and oxygen atoms in total. The molecule has 0 aliphatic heterocycles. The van der Waals surface area contributed by atoms with Crippen LogP contribution in [0, 0.1) is 0 Å². The molecule has 160 valence electrons. The van der Waals surface area contributed by atoms with Gasteiger partial charge in [0, 0.05) is 0 Å². The Bertz CT molecular complexity index is 697. The number of ether oxygens (including phenoxy) is 2. The Morgan fingerprint density at radius 3 is 1.33 bits per heavy atom. The van der Waals surface area contributed by atoms with Crippen LogP contribution in [-0.2, 0) is 9.47 Å². The van der Waals surface area contributed by atoms with Gasteiger partial charge in [-0.3, -0.25) is 0 Å². The van der Waals surface area contributed by atoms with Crippen LogP contribution in [0.1, 0.15) is 60.2 Å². The Hall–Kier alpha value is -3.14. The van der Waals surface area contributed by atoms with Crippen molar-refractivity contribution < 1.29 is 19.1 Å². The molecule has 0 atom stereocenters. The van der Waals surface area contributed by atoms with Crippen LogP contribution in [0.2, 0.25) is 0 Å². The van der Waals surface area contributed by atoms with Crippen LogP contribution in [0.25, 0.3) is 0 Å². The van der Waals surface area contributed by atoms with Gasteiger partial charge in [0.25, 0.3) is 0 Å². The van der Waals surface area contributed by atoms with Gasteiger partial charge in [0.05, 0.1) is 24.3 Å². The molecule has 2 aromatic rings. The summed E-state index contributed by atoms with van der Waals surface area (Å²) in [6, 6.07) is 18.1. The fraction of sp³-hybridized carbons (Fsp3) is 0.308. The summed E-state index contributed by atoms with van der Waals surface area (Å²) in [5.74, 6) is -0.499. The molecule has 0 aromatic heterocycles. The van der Waals surface area contributed by atoms with Gasteiger partial charge in [0.15, 0.2) is 0 Å². The lowest BCUT2D eigenvalue weighted by molar-refractivity contribution is 0.0502. The predicted octanol–water partition coefficient (Wildman–Crippen LogP) is 6.40. The van der Waals surface area contributed by atoms with Gasteiger partial charge in [-0.2, -0.15) is 0 Å². The average Bonchev–Trinajstić information content (AvgIpc) is 2.80. The first-order chi connectivity index (χ1) is 14.7. The molecular weight excluding hydrogens is 376 g/mol. The first kappa shape index (κ1) is 24.9. The van der Waals surface area contributed by atoms with E-state index in [1.165, 1.54) is 0 Å². The molecule has 30 heavy (non-hydrogen) atoms. The minimum absolute atomic E-state index is 0.250. The van der Waals surface area contributed by atoms with E-state index in [4.69, 9.17) is 9.47 Å². The highest BCUT2D eigenvalue weighted by Gasteiger charge is 2.04. The summed E-state index contributed by atoms with van der Waals surface area (Å²) in [4.78, 5) is 22.9. The molecule has 0 saturated heterocycles. The first-order valence-corrected chi connectivity index (χ1v) is 10.4. The monoisotopic (exact) mass is 408 g/mol. The predicted molar refractivity (Wildman–Crippen MR) is 122 cm³/mol. The third-order valence-corrected chi connectivity index (χ3v) is 3.86. The fourth-order valence-corrected chi connectivity index (χ4v) is 2.32. The number of carbonyl (C=O) groups is 2. The standard InChI is InChI=1S/2C13H16O2/c2*1-2-3-4-8-11-15-13(14)12-9-6-5-7-10-12/h2*3-7,9-10H,2,8,11H2,1H3. The van der Waals surface area contributed by atoms with Crippen LogP contribution in [0.4, 0.5) is 0 Å². The van der Waals surface area contributed by atoms with Crippen molar-refractivity contribution in [3.05, 3.63) is 96.1 Å². The maximum absolute atomic E-state index is 11.4. The van der Waals surface area contributed by atoms with E-state index in [1.54, 1.807) is 24.3 Å². The van der Waals surface area contributed by atoms with Crippen LogP contribution < -0.4 is 0 Å². The van der Waals surface area contributed by atoms with Gasteiger partial charge in [0.1, 0.15) is 0 Å². The summed E-state index contributed by atoms with van der Waals surface area (Å²) in [5.41, 5.74) is 1.22. The molecule has 0 bridgehead atoms. The molecular formula is C26H32O4. The van der Waals surface area contributed by atoms with Crippen molar-refractivity contribution in [1.82, 2.24) is 0 Å². The summed E-state index contributed by atoms with van der Waals surface area (Å²) in [6.07, 6.45) is 11.8. The maximum Gasteiger partial charge on any atom is 0.338 e. The molecule has 0 fully saturated rings. The van der Waals surface area contributed by atoms with Crippen LogP contribution in [0.3, 0.4) is 0 Å². The van der Waals surface area contributed by atoms with E-state index >= 15 is 0 Å². The van der Waals surface area contributed by atoms with E-state index in [2.05, 4.69) is 26.0 Å². The van der Waals surface area contributed by atoms with E-state index in [1.807, 2.05) is 48.6 Å². The topological polar surface area (TPSA) is 52.6 Å². The van der Waals surface area contributed by atoms with Gasteiger partial charge < -0.3 is 9.47 Å². The number of benzene rings is 2. The molecule has 0 unspecified atom stereocenters. The Morgan fingerprint density at radius 1 is 0.633 bits per heavy atom. The second-order valence-electron chi connectivity index (χ2n) is 6.34. The molecule has 0 spiro atoms. The Labute approximate surface area is 180 Å². The molecule has 0 amide bonds. The molecule has 2 rings (SSSR count). The van der Waals surface area contributed by atoms with Crippen molar-refractivity contribution in [2.24, 2.45) is 0 Å². The summed E-state index contributed by atoms with van der Waals surface area (Å²) in [5, 5.41) is 0. The Kier molecular flexibility index (Phi) is 13.9. The average molecular weight is 409 g/mol. The van der Waals surface area contributed by atoms with Crippen molar-refractivity contribution in [3.8, 4) is 0 Å². The molecule has 0 radical (unpaired) electrons. The van der Waals surface area contributed by atoms with Crippen molar-refractivity contribution in [1.29, 1.82) is 0 Å². The third-order valence-electron chi connectivity index (χ3n) is 3.86. The third kappa shape index (κ3) is 11.6. The van der Waals surface area contributed by atoms with Gasteiger partial charge in [-0.1, -0.05) is 74.5 Å². The van der Waals surface area contributed by atoms with E-state index in [-0.39, 0.29) is 11.9 Å². The smallest absolute Gasteiger partial charge is 0.338 e. The second-order valence-corrected chi connectivity index (χ2v) is 6.34. The van der Waals surface area contributed by atoms with Crippen LogP contribution in [0.5, 0.6) is 0 Å². The van der Waals surface area contributed by atoms with Crippen molar-refractivity contribution >= 4 is 11.9 Å². The largest absolute Gasteiger partial charge is 0.462 e. The number of allylic oxidation sites excluding steroid dienone is 2. The lowest BCUT2D eigenvalue weighted by Crippen LogP contribution is -2.05. The van der Waals surface area contributed by atoms with Gasteiger partial charge in [-0.25, -0.2) is 9.59 Å². The van der Waals surface area contributed by atoms with Crippen molar-refractivity contribution in [2.75, 3.05) is 13.2 Å². The van der Waals surface area contributed by atoms with E-state index in [0.29, 0.717) is 24.3 Å². The van der Waals surface area contributed by atoms with E-state index in [0.717, 1.165) is 25.7 Å². The summed E-state index contributed by atoms with van der Waals surface area (Å²) < 4.78 is 10.2. The molecule has 0 saturated carbocycles. The molecule has 0 aliphatic carbocycles. The lowest BCUT2D eigenvalue weighted by atomic mass is 10.2. The molecule has 4 heteroatoms. The van der Waals surface area contributed by atoms with Crippen LogP contribution >= 0.6 is 0 Å². The van der Waals surface area contributed by atoms with Gasteiger partial charge in [0.2, 0.25) is 0 Å². The number of esters is 2. The van der Waals surface area contributed by atoms with Gasteiger partial charge in [-0.05, 0) is 49.9 Å². The number of rotatable bonds is 10. The zero-order chi connectivity index (χ0) is 21.9. The summed E-state index contributed by atoms with van der Waals surface area (Å²) in [7, 11) is 0. The molecule has 0 aliphatic rings. The van der Waals surface area contributed by atoms with Gasteiger partial charge in [-0.15, -0.1) is 0 Å². The number of carbonyl (C=O) groups excluding carboxylic acids is 2. The first-order valence-electron chi connectivity index (χ1n) is 10.4. The summed E-state index contributed by atoms with van der Waals surface area (Å²) >= 11 is 0. The Balaban J connectivity index is 0.000000300. The molecule has 0 N–H and O–H groups in total.